The fourth-order valence-corrected chi connectivity index (χ4v) is 2.52. The lowest BCUT2D eigenvalue weighted by molar-refractivity contribution is 0.0538. The lowest BCUT2D eigenvalue weighted by atomic mass is 9.93. The van der Waals surface area contributed by atoms with E-state index in [0.717, 1.165) is 25.3 Å². The molecule has 0 radical (unpaired) electrons. The van der Waals surface area contributed by atoms with Gasteiger partial charge in [0, 0.05) is 13.2 Å². The van der Waals surface area contributed by atoms with Crippen molar-refractivity contribution >= 4 is 0 Å². The number of nitrogens with one attached hydrogen (secondary N) is 1. The van der Waals surface area contributed by atoms with Crippen LogP contribution in [0.25, 0.3) is 0 Å². The predicted molar refractivity (Wildman–Crippen MR) is 67.8 cm³/mol. The molecule has 0 amide bonds. The topological polar surface area (TPSA) is 58.2 Å². The van der Waals surface area contributed by atoms with Crippen molar-refractivity contribution in [3.8, 4) is 6.07 Å². The van der Waals surface area contributed by atoms with E-state index in [2.05, 4.69) is 19.2 Å². The van der Waals surface area contributed by atoms with E-state index in [9.17, 15) is 0 Å². The van der Waals surface area contributed by atoms with Gasteiger partial charge in [-0.05, 0) is 30.4 Å². The van der Waals surface area contributed by atoms with Gasteiger partial charge in [-0.1, -0.05) is 13.8 Å². The molecule has 2 rings (SSSR count). The first-order valence-corrected chi connectivity index (χ1v) is 6.52. The van der Waals surface area contributed by atoms with Crippen molar-refractivity contribution in [1.82, 2.24) is 5.32 Å². The van der Waals surface area contributed by atoms with Crippen molar-refractivity contribution < 1.29 is 9.15 Å². The molecule has 2 heterocycles. The van der Waals surface area contributed by atoms with Crippen molar-refractivity contribution in [2.45, 2.75) is 32.9 Å². The number of hydrogen-bond donors (Lipinski definition) is 1. The van der Waals surface area contributed by atoms with Crippen LogP contribution in [0.4, 0.5) is 0 Å². The van der Waals surface area contributed by atoms with Crippen LogP contribution in [-0.4, -0.2) is 19.3 Å². The maximum absolute atomic E-state index is 8.66. The Morgan fingerprint density at radius 1 is 1.50 bits per heavy atom. The Balaban J connectivity index is 1.76. The van der Waals surface area contributed by atoms with Crippen LogP contribution in [0.1, 0.15) is 31.8 Å². The predicted octanol–water partition coefficient (Wildman–Crippen LogP) is 2.30. The third-order valence-electron chi connectivity index (χ3n) is 3.40. The van der Waals surface area contributed by atoms with Gasteiger partial charge in [-0.25, -0.2) is 0 Å². The molecule has 0 aliphatic carbocycles. The highest BCUT2D eigenvalue weighted by atomic mass is 16.5. The van der Waals surface area contributed by atoms with Crippen LogP contribution in [0.5, 0.6) is 0 Å². The molecule has 1 N–H and O–H groups in total. The first-order chi connectivity index (χ1) is 8.70. The Kier molecular flexibility index (Phi) is 4.40. The molecule has 1 aliphatic heterocycles. The van der Waals surface area contributed by atoms with Crippen LogP contribution in [0.15, 0.2) is 16.5 Å². The van der Waals surface area contributed by atoms with Gasteiger partial charge in [0.15, 0.2) is 0 Å². The first-order valence-electron chi connectivity index (χ1n) is 6.52. The lowest BCUT2D eigenvalue weighted by Gasteiger charge is -2.22. The van der Waals surface area contributed by atoms with E-state index in [1.54, 1.807) is 6.07 Å². The molecule has 98 valence electrons. The second-order valence-corrected chi connectivity index (χ2v) is 5.14. The smallest absolute Gasteiger partial charge is 0.203 e. The molecule has 4 nitrogen and oxygen atoms in total. The molecule has 1 saturated heterocycles. The fourth-order valence-electron chi connectivity index (χ4n) is 2.52. The molecular formula is C14H20N2O2. The second kappa shape index (κ2) is 6.03. The van der Waals surface area contributed by atoms with Gasteiger partial charge >= 0.3 is 0 Å². The summed E-state index contributed by atoms with van der Waals surface area (Å²) in [6.45, 7) is 6.88. The van der Waals surface area contributed by atoms with Crippen LogP contribution < -0.4 is 5.32 Å². The molecule has 18 heavy (non-hydrogen) atoms. The summed E-state index contributed by atoms with van der Waals surface area (Å²) in [7, 11) is 0. The zero-order valence-electron chi connectivity index (χ0n) is 11.0. The molecule has 4 heteroatoms. The maximum Gasteiger partial charge on any atom is 0.203 e. The summed E-state index contributed by atoms with van der Waals surface area (Å²) in [5.41, 5.74) is 0. The maximum atomic E-state index is 8.66. The van der Waals surface area contributed by atoms with E-state index in [0.29, 0.717) is 30.2 Å². The molecule has 0 saturated carbocycles. The Bertz CT molecular complexity index is 420. The number of rotatable bonds is 5. The molecule has 0 unspecified atom stereocenters. The van der Waals surface area contributed by atoms with Crippen LogP contribution in [-0.2, 0) is 11.3 Å². The van der Waals surface area contributed by atoms with E-state index < -0.39 is 0 Å². The van der Waals surface area contributed by atoms with E-state index in [1.807, 2.05) is 12.1 Å². The van der Waals surface area contributed by atoms with Gasteiger partial charge in [-0.3, -0.25) is 0 Å². The Morgan fingerprint density at radius 3 is 3.00 bits per heavy atom. The van der Waals surface area contributed by atoms with Crippen molar-refractivity contribution in [3.63, 3.8) is 0 Å². The van der Waals surface area contributed by atoms with Crippen LogP contribution in [0.2, 0.25) is 0 Å². The summed E-state index contributed by atoms with van der Waals surface area (Å²) in [6.07, 6.45) is 1.49. The molecule has 1 aromatic rings. The summed E-state index contributed by atoms with van der Waals surface area (Å²) < 4.78 is 11.1. The molecule has 2 atom stereocenters. The molecule has 0 aromatic carbocycles. The van der Waals surface area contributed by atoms with Gasteiger partial charge in [0.25, 0.3) is 0 Å². The van der Waals surface area contributed by atoms with Gasteiger partial charge in [-0.15, -0.1) is 0 Å². The Morgan fingerprint density at radius 2 is 2.33 bits per heavy atom. The molecule has 0 spiro atoms. The Hall–Kier alpha value is -1.31. The summed E-state index contributed by atoms with van der Waals surface area (Å²) in [6, 6.07) is 5.53. The van der Waals surface area contributed by atoms with Crippen molar-refractivity contribution in [2.24, 2.45) is 11.8 Å². The number of ether oxygens (including phenoxy) is 1. The molecular weight excluding hydrogens is 228 g/mol. The summed E-state index contributed by atoms with van der Waals surface area (Å²) in [5, 5.41) is 12.0. The largest absolute Gasteiger partial charge is 0.449 e. The zero-order valence-corrected chi connectivity index (χ0v) is 11.0. The highest BCUT2D eigenvalue weighted by Crippen LogP contribution is 2.26. The monoisotopic (exact) mass is 248 g/mol. The fraction of sp³-hybridized carbons (Fsp3) is 0.643. The van der Waals surface area contributed by atoms with E-state index in [1.165, 1.54) is 0 Å². The third-order valence-corrected chi connectivity index (χ3v) is 3.40. The van der Waals surface area contributed by atoms with Gasteiger partial charge in [0.2, 0.25) is 5.76 Å². The van der Waals surface area contributed by atoms with Gasteiger partial charge in [-0.2, -0.15) is 5.26 Å². The van der Waals surface area contributed by atoms with E-state index >= 15 is 0 Å². The highest BCUT2D eigenvalue weighted by molar-refractivity contribution is 5.18. The van der Waals surface area contributed by atoms with Gasteiger partial charge < -0.3 is 14.5 Å². The van der Waals surface area contributed by atoms with Crippen molar-refractivity contribution in [2.75, 3.05) is 13.2 Å². The second-order valence-electron chi connectivity index (χ2n) is 5.14. The van der Waals surface area contributed by atoms with E-state index in [-0.39, 0.29) is 0 Å². The van der Waals surface area contributed by atoms with Gasteiger partial charge in [0.1, 0.15) is 11.8 Å². The molecule has 1 aliphatic rings. The Labute approximate surface area is 108 Å². The average molecular weight is 248 g/mol. The van der Waals surface area contributed by atoms with Crippen LogP contribution >= 0.6 is 0 Å². The highest BCUT2D eigenvalue weighted by Gasteiger charge is 2.30. The zero-order chi connectivity index (χ0) is 13.0. The summed E-state index contributed by atoms with van der Waals surface area (Å²) in [4.78, 5) is 0. The average Bonchev–Trinajstić information content (AvgIpc) is 2.97. The minimum atomic E-state index is 0.365. The van der Waals surface area contributed by atoms with Crippen LogP contribution in [0.3, 0.4) is 0 Å². The quantitative estimate of drug-likeness (QED) is 0.868. The minimum Gasteiger partial charge on any atom is -0.449 e. The molecule has 0 bridgehead atoms. The number of hydrogen-bond acceptors (Lipinski definition) is 4. The summed E-state index contributed by atoms with van der Waals surface area (Å²) >= 11 is 0. The van der Waals surface area contributed by atoms with Crippen molar-refractivity contribution in [3.05, 3.63) is 23.7 Å². The summed E-state index contributed by atoms with van der Waals surface area (Å²) in [5.74, 6) is 2.33. The van der Waals surface area contributed by atoms with Crippen LogP contribution in [0, 0.1) is 23.2 Å². The third kappa shape index (κ3) is 3.12. The lowest BCUT2D eigenvalue weighted by Crippen LogP contribution is -2.31. The minimum absolute atomic E-state index is 0.365. The van der Waals surface area contributed by atoms with Crippen molar-refractivity contribution in [1.29, 1.82) is 5.26 Å². The molecule has 1 fully saturated rings. The number of nitriles is 1. The first kappa shape index (κ1) is 13.1. The van der Waals surface area contributed by atoms with Gasteiger partial charge in [0.05, 0.1) is 12.6 Å². The normalized spacial score (nSPS) is 23.4. The number of furan rings is 1. The standard InChI is InChI=1S/C14H20N2O2/c1-10(2)14-11(5-6-17-14)8-16-9-13-4-3-12(7-15)18-13/h3-4,10-11,14,16H,5-6,8-9H2,1-2H3/t11-,14-/m1/s1. The SMILES string of the molecule is CC(C)[C@H]1OCC[C@@H]1CNCc1ccc(C#N)o1. The number of nitrogens with zero attached hydrogens (tertiary/aromatic N) is 1. The molecule has 1 aromatic heterocycles. The van der Waals surface area contributed by atoms with E-state index in [4.69, 9.17) is 14.4 Å².